The standard InChI is InChI=1S/C61H39NO2/c1-2-15-40(16-3-1)43-17-12-18-46(39-43)62(44-35-31-41(32-36-44)47-22-13-24-52-51-21-6-10-29-57(51)63-59(47)52)45-37-33-42(34-38-45)48-23-14-28-56-60(48)64-58-30-11-9-27-55(58)61(56)53-25-7-4-19-49(53)50-20-5-8-26-54(50)61/h1-39H. The second-order valence-electron chi connectivity index (χ2n) is 16.7. The van der Waals surface area contributed by atoms with Crippen molar-refractivity contribution in [3.8, 4) is 56.0 Å². The van der Waals surface area contributed by atoms with E-state index in [2.05, 4.69) is 229 Å². The topological polar surface area (TPSA) is 25.6 Å². The van der Waals surface area contributed by atoms with Crippen LogP contribution in [0.2, 0.25) is 0 Å². The maximum atomic E-state index is 7.03. The van der Waals surface area contributed by atoms with E-state index in [-0.39, 0.29) is 0 Å². The van der Waals surface area contributed by atoms with Gasteiger partial charge in [-0.3, -0.25) is 0 Å². The van der Waals surface area contributed by atoms with E-state index < -0.39 is 5.41 Å². The molecule has 0 bridgehead atoms. The Morgan fingerprint density at radius 1 is 0.328 bits per heavy atom. The van der Waals surface area contributed by atoms with Crippen molar-refractivity contribution in [1.29, 1.82) is 0 Å². The van der Waals surface area contributed by atoms with Gasteiger partial charge in [-0.2, -0.15) is 0 Å². The van der Waals surface area contributed by atoms with Crippen LogP contribution in [0.1, 0.15) is 22.3 Å². The highest BCUT2D eigenvalue weighted by molar-refractivity contribution is 6.09. The molecule has 3 nitrogen and oxygen atoms in total. The van der Waals surface area contributed by atoms with Crippen molar-refractivity contribution in [3.63, 3.8) is 0 Å². The van der Waals surface area contributed by atoms with E-state index in [0.29, 0.717) is 0 Å². The third-order valence-corrected chi connectivity index (χ3v) is 13.4. The van der Waals surface area contributed by atoms with Crippen LogP contribution in [-0.4, -0.2) is 0 Å². The zero-order valence-electron chi connectivity index (χ0n) is 34.8. The summed E-state index contributed by atoms with van der Waals surface area (Å²) in [6, 6.07) is 84.9. The van der Waals surface area contributed by atoms with Gasteiger partial charge in [-0.25, -0.2) is 0 Å². The third kappa shape index (κ3) is 5.41. The molecule has 3 heteroatoms. The smallest absolute Gasteiger partial charge is 0.143 e. The van der Waals surface area contributed by atoms with E-state index in [9.17, 15) is 0 Å². The predicted octanol–water partition coefficient (Wildman–Crippen LogP) is 16.5. The van der Waals surface area contributed by atoms with Gasteiger partial charge < -0.3 is 14.1 Å². The van der Waals surface area contributed by atoms with Gasteiger partial charge in [0.2, 0.25) is 0 Å². The molecule has 0 fully saturated rings. The molecule has 2 heterocycles. The number of nitrogens with zero attached hydrogens (tertiary/aromatic N) is 1. The van der Waals surface area contributed by atoms with Crippen molar-refractivity contribution in [1.82, 2.24) is 0 Å². The number of para-hydroxylation sites is 4. The first-order chi connectivity index (χ1) is 31.7. The predicted molar refractivity (Wildman–Crippen MR) is 262 cm³/mol. The summed E-state index contributed by atoms with van der Waals surface area (Å²) < 4.78 is 13.5. The fourth-order valence-corrected chi connectivity index (χ4v) is 10.6. The molecule has 64 heavy (non-hydrogen) atoms. The molecule has 11 aromatic rings. The van der Waals surface area contributed by atoms with Crippen LogP contribution in [-0.2, 0) is 5.41 Å². The molecule has 2 aliphatic rings. The van der Waals surface area contributed by atoms with Crippen molar-refractivity contribution in [2.75, 3.05) is 4.90 Å². The Kier molecular flexibility index (Phi) is 8.13. The number of furan rings is 1. The first kappa shape index (κ1) is 36.3. The summed E-state index contributed by atoms with van der Waals surface area (Å²) in [5.74, 6) is 1.78. The summed E-state index contributed by atoms with van der Waals surface area (Å²) in [6.45, 7) is 0. The summed E-state index contributed by atoms with van der Waals surface area (Å²) in [4.78, 5) is 2.34. The van der Waals surface area contributed by atoms with E-state index in [4.69, 9.17) is 9.15 Å². The first-order valence-electron chi connectivity index (χ1n) is 21.9. The molecule has 1 spiro atoms. The van der Waals surface area contributed by atoms with E-state index in [0.717, 1.165) is 83.9 Å². The van der Waals surface area contributed by atoms with Crippen LogP contribution < -0.4 is 9.64 Å². The van der Waals surface area contributed by atoms with Crippen LogP contribution >= 0.6 is 0 Å². The number of rotatable bonds is 6. The average molecular weight is 818 g/mol. The summed E-state index contributed by atoms with van der Waals surface area (Å²) in [7, 11) is 0. The normalized spacial score (nSPS) is 12.9. The molecule has 0 saturated heterocycles. The highest BCUT2D eigenvalue weighted by atomic mass is 16.5. The Hall–Kier alpha value is -8.40. The Morgan fingerprint density at radius 3 is 1.61 bits per heavy atom. The first-order valence-corrected chi connectivity index (χ1v) is 21.9. The summed E-state index contributed by atoms with van der Waals surface area (Å²) in [5, 5.41) is 2.25. The molecule has 1 aliphatic heterocycles. The van der Waals surface area contributed by atoms with Crippen molar-refractivity contribution >= 4 is 39.0 Å². The maximum Gasteiger partial charge on any atom is 0.143 e. The number of fused-ring (bicyclic) bond motifs is 12. The highest BCUT2D eigenvalue weighted by Gasteiger charge is 2.51. The molecule has 300 valence electrons. The van der Waals surface area contributed by atoms with Crippen molar-refractivity contribution in [3.05, 3.63) is 259 Å². The van der Waals surface area contributed by atoms with E-state index in [1.165, 1.54) is 33.4 Å². The molecule has 0 unspecified atom stereocenters. The summed E-state index contributed by atoms with van der Waals surface area (Å²) >= 11 is 0. The molecule has 1 aliphatic carbocycles. The zero-order chi connectivity index (χ0) is 42.2. The number of anilines is 3. The van der Waals surface area contributed by atoms with Crippen LogP contribution in [0, 0.1) is 0 Å². The monoisotopic (exact) mass is 817 g/mol. The van der Waals surface area contributed by atoms with Gasteiger partial charge in [0, 0.05) is 50.1 Å². The lowest BCUT2D eigenvalue weighted by atomic mass is 9.65. The second kappa shape index (κ2) is 14.3. The highest BCUT2D eigenvalue weighted by Crippen LogP contribution is 2.63. The summed E-state index contributed by atoms with van der Waals surface area (Å²) in [5.41, 5.74) is 18.5. The quantitative estimate of drug-likeness (QED) is 0.167. The number of hydrogen-bond donors (Lipinski definition) is 0. The molecule has 10 aromatic carbocycles. The average Bonchev–Trinajstić information content (AvgIpc) is 3.89. The number of ether oxygens (including phenoxy) is 1. The van der Waals surface area contributed by atoms with Crippen LogP contribution in [0.4, 0.5) is 17.1 Å². The molecule has 0 amide bonds. The molecule has 0 radical (unpaired) electrons. The number of benzene rings is 10. The fourth-order valence-electron chi connectivity index (χ4n) is 10.6. The lowest BCUT2D eigenvalue weighted by Crippen LogP contribution is -2.32. The van der Waals surface area contributed by atoms with Gasteiger partial charge in [0.25, 0.3) is 0 Å². The number of hydrogen-bond acceptors (Lipinski definition) is 3. The maximum absolute atomic E-state index is 7.03. The molecular weight excluding hydrogens is 779 g/mol. The molecule has 0 saturated carbocycles. The fraction of sp³-hybridized carbons (Fsp3) is 0.0164. The van der Waals surface area contributed by atoms with Gasteiger partial charge in [0.05, 0.1) is 5.41 Å². The minimum absolute atomic E-state index is 0.518. The van der Waals surface area contributed by atoms with Gasteiger partial charge in [-0.1, -0.05) is 188 Å². The zero-order valence-corrected chi connectivity index (χ0v) is 34.8. The van der Waals surface area contributed by atoms with Gasteiger partial charge in [0.15, 0.2) is 0 Å². The Bertz CT molecular complexity index is 3540. The second-order valence-corrected chi connectivity index (χ2v) is 16.7. The van der Waals surface area contributed by atoms with Gasteiger partial charge in [0.1, 0.15) is 22.7 Å². The van der Waals surface area contributed by atoms with E-state index in [1.807, 2.05) is 12.1 Å². The van der Waals surface area contributed by atoms with Crippen molar-refractivity contribution in [2.45, 2.75) is 5.41 Å². The minimum atomic E-state index is -0.518. The largest absolute Gasteiger partial charge is 0.456 e. The SMILES string of the molecule is c1ccc(-c2cccc(N(c3ccc(-c4cccc5c4Oc4ccccc4C54c5ccccc5-c5ccccc54)cc3)c3ccc(-c4cccc5c4oc4ccccc45)cc3)c2)cc1. The van der Waals surface area contributed by atoms with Crippen molar-refractivity contribution in [2.24, 2.45) is 0 Å². The summed E-state index contributed by atoms with van der Waals surface area (Å²) in [6.07, 6.45) is 0. The van der Waals surface area contributed by atoms with E-state index in [1.54, 1.807) is 0 Å². The van der Waals surface area contributed by atoms with Crippen LogP contribution in [0.3, 0.4) is 0 Å². The molecular formula is C61H39NO2. The van der Waals surface area contributed by atoms with E-state index >= 15 is 0 Å². The lowest BCUT2D eigenvalue weighted by molar-refractivity contribution is 0.438. The van der Waals surface area contributed by atoms with Gasteiger partial charge >= 0.3 is 0 Å². The molecule has 13 rings (SSSR count). The molecule has 1 aromatic heterocycles. The van der Waals surface area contributed by atoms with Gasteiger partial charge in [-0.15, -0.1) is 0 Å². The third-order valence-electron chi connectivity index (χ3n) is 13.4. The minimum Gasteiger partial charge on any atom is -0.456 e. The Balaban J connectivity index is 0.935. The van der Waals surface area contributed by atoms with Gasteiger partial charge in [-0.05, 0) is 93.0 Å². The Morgan fingerprint density at radius 2 is 0.859 bits per heavy atom. The lowest BCUT2D eigenvalue weighted by Gasteiger charge is -2.40. The van der Waals surface area contributed by atoms with Crippen LogP contribution in [0.15, 0.2) is 241 Å². The Labute approximate surface area is 371 Å². The van der Waals surface area contributed by atoms with Crippen molar-refractivity contribution < 1.29 is 9.15 Å². The molecule has 0 N–H and O–H groups in total. The van der Waals surface area contributed by atoms with Crippen LogP contribution in [0.25, 0.3) is 66.4 Å². The molecule has 0 atom stereocenters. The van der Waals surface area contributed by atoms with Crippen LogP contribution in [0.5, 0.6) is 11.5 Å².